The third kappa shape index (κ3) is 3.69. The molecule has 1 atom stereocenters. The summed E-state index contributed by atoms with van der Waals surface area (Å²) in [4.78, 5) is 0. The summed E-state index contributed by atoms with van der Waals surface area (Å²) in [6.07, 6.45) is 4.53. The number of aliphatic hydroxyl groups excluding tert-OH is 1. The van der Waals surface area contributed by atoms with Gasteiger partial charge in [-0.15, -0.1) is 0 Å². The summed E-state index contributed by atoms with van der Waals surface area (Å²) in [7, 11) is -0.531. The van der Waals surface area contributed by atoms with E-state index in [4.69, 9.17) is 27.9 Å². The third-order valence-corrected chi connectivity index (χ3v) is 5.23. The summed E-state index contributed by atoms with van der Waals surface area (Å²) >= 11 is 11.7. The molecule has 0 aromatic heterocycles. The summed E-state index contributed by atoms with van der Waals surface area (Å²) in [5.41, 5.74) is -0.349. The number of benzene rings is 1. The first-order chi connectivity index (χ1) is 8.66. The van der Waals surface area contributed by atoms with E-state index in [1.807, 2.05) is 23.0 Å². The van der Waals surface area contributed by atoms with Gasteiger partial charge in [0.15, 0.2) is 0 Å². The average Bonchev–Trinajstić information content (AvgIpc) is 2.87. The zero-order chi connectivity index (χ0) is 13.0. The van der Waals surface area contributed by atoms with Crippen LogP contribution >= 0.6 is 34.1 Å². The van der Waals surface area contributed by atoms with Crippen LogP contribution in [-0.2, 0) is 0 Å². The Balaban J connectivity index is 1.79. The molecule has 0 aliphatic carbocycles. The number of hydrogen-bond donors (Lipinski definition) is 2. The lowest BCUT2D eigenvalue weighted by atomic mass is 10.3. The van der Waals surface area contributed by atoms with E-state index in [1.54, 1.807) is 18.2 Å². The standard InChI is InChI=1S/C13H14Cl2O2S/c14-11-4-3-10(9-12(11)15)17-6-5-13(16)18-7-1-2-8-18/h1-4,7-9,13,16,18H,5-6H2. The smallest absolute Gasteiger partial charge is 0.120 e. The number of allylic oxidation sites excluding steroid dienone is 2. The Morgan fingerprint density at radius 1 is 1.17 bits per heavy atom. The van der Waals surface area contributed by atoms with Gasteiger partial charge in [-0.25, -0.2) is 0 Å². The predicted octanol–water partition coefficient (Wildman–Crippen LogP) is 4.12. The van der Waals surface area contributed by atoms with Crippen molar-refractivity contribution in [2.24, 2.45) is 0 Å². The van der Waals surface area contributed by atoms with Crippen LogP contribution in [0.1, 0.15) is 6.42 Å². The van der Waals surface area contributed by atoms with Gasteiger partial charge in [0.05, 0.1) is 22.1 Å². The van der Waals surface area contributed by atoms with Gasteiger partial charge in [-0.05, 0) is 22.9 Å². The first-order valence-electron chi connectivity index (χ1n) is 5.55. The third-order valence-electron chi connectivity index (χ3n) is 2.51. The molecule has 0 bridgehead atoms. The fourth-order valence-corrected chi connectivity index (χ4v) is 3.33. The van der Waals surface area contributed by atoms with Crippen LogP contribution in [0.25, 0.3) is 0 Å². The monoisotopic (exact) mass is 304 g/mol. The molecule has 2 rings (SSSR count). The van der Waals surface area contributed by atoms with Gasteiger partial charge in [-0.2, -0.15) is 10.9 Å². The average molecular weight is 305 g/mol. The maximum absolute atomic E-state index is 9.92. The molecule has 0 radical (unpaired) electrons. The first-order valence-corrected chi connectivity index (χ1v) is 7.85. The molecule has 0 spiro atoms. The highest BCUT2D eigenvalue weighted by molar-refractivity contribution is 8.22. The van der Waals surface area contributed by atoms with Crippen molar-refractivity contribution < 1.29 is 9.84 Å². The lowest BCUT2D eigenvalue weighted by molar-refractivity contribution is 0.208. The maximum Gasteiger partial charge on any atom is 0.120 e. The molecule has 1 aromatic rings. The Kier molecular flexibility index (Phi) is 5.01. The molecule has 98 valence electrons. The molecule has 1 aromatic carbocycles. The summed E-state index contributed by atoms with van der Waals surface area (Å²) < 4.78 is 5.53. The van der Waals surface area contributed by atoms with E-state index in [1.165, 1.54) is 0 Å². The molecule has 1 unspecified atom stereocenters. The lowest BCUT2D eigenvalue weighted by Crippen LogP contribution is -2.10. The van der Waals surface area contributed by atoms with Gasteiger partial charge in [0, 0.05) is 12.5 Å². The fourth-order valence-electron chi connectivity index (χ4n) is 1.54. The zero-order valence-corrected chi connectivity index (χ0v) is 12.0. The molecular weight excluding hydrogens is 291 g/mol. The van der Waals surface area contributed by atoms with Crippen molar-refractivity contribution in [1.29, 1.82) is 0 Å². The molecule has 0 saturated carbocycles. The quantitative estimate of drug-likeness (QED) is 0.801. The number of halogens is 2. The minimum absolute atomic E-state index is 0.349. The van der Waals surface area contributed by atoms with Crippen LogP contribution in [0.5, 0.6) is 5.75 Å². The summed E-state index contributed by atoms with van der Waals surface area (Å²) in [6.45, 7) is 0.458. The summed E-state index contributed by atoms with van der Waals surface area (Å²) in [5, 5.41) is 15.0. The molecule has 2 nitrogen and oxygen atoms in total. The van der Waals surface area contributed by atoms with Crippen molar-refractivity contribution in [1.82, 2.24) is 0 Å². The molecule has 0 saturated heterocycles. The van der Waals surface area contributed by atoms with Gasteiger partial charge in [0.2, 0.25) is 0 Å². The Morgan fingerprint density at radius 3 is 2.56 bits per heavy atom. The number of ether oxygens (including phenoxy) is 1. The zero-order valence-electron chi connectivity index (χ0n) is 9.59. The first kappa shape index (κ1) is 13.8. The second-order valence-electron chi connectivity index (χ2n) is 3.82. The summed E-state index contributed by atoms with van der Waals surface area (Å²) in [5.74, 6) is 0.668. The van der Waals surface area contributed by atoms with Crippen molar-refractivity contribution in [3.8, 4) is 5.75 Å². The van der Waals surface area contributed by atoms with Crippen molar-refractivity contribution in [2.75, 3.05) is 6.61 Å². The molecule has 0 amide bonds. The van der Waals surface area contributed by atoms with Gasteiger partial charge in [0.1, 0.15) is 5.75 Å². The summed E-state index contributed by atoms with van der Waals surface area (Å²) in [6, 6.07) is 5.14. The van der Waals surface area contributed by atoms with Gasteiger partial charge >= 0.3 is 0 Å². The Hall–Kier alpha value is -0.610. The Bertz CT molecular complexity index is 462. The van der Waals surface area contributed by atoms with Crippen molar-refractivity contribution in [3.63, 3.8) is 0 Å². The fraction of sp³-hybridized carbons (Fsp3) is 0.231. The van der Waals surface area contributed by atoms with E-state index in [-0.39, 0.29) is 5.44 Å². The van der Waals surface area contributed by atoms with Crippen LogP contribution in [0.15, 0.2) is 41.2 Å². The highest BCUT2D eigenvalue weighted by Gasteiger charge is 2.11. The predicted molar refractivity (Wildman–Crippen MR) is 79.8 cm³/mol. The van der Waals surface area contributed by atoms with Crippen LogP contribution in [0.2, 0.25) is 10.0 Å². The second-order valence-corrected chi connectivity index (χ2v) is 6.73. The van der Waals surface area contributed by atoms with Gasteiger partial charge in [0.25, 0.3) is 0 Å². The van der Waals surface area contributed by atoms with Crippen molar-refractivity contribution in [2.45, 2.75) is 11.9 Å². The molecule has 1 aliphatic heterocycles. The van der Waals surface area contributed by atoms with E-state index in [9.17, 15) is 5.11 Å². The molecule has 5 heteroatoms. The molecule has 1 heterocycles. The van der Waals surface area contributed by atoms with Crippen molar-refractivity contribution >= 4 is 34.1 Å². The van der Waals surface area contributed by atoms with E-state index in [0.717, 1.165) is 0 Å². The molecule has 1 aliphatic rings. The van der Waals surface area contributed by atoms with Crippen LogP contribution in [0, 0.1) is 0 Å². The SMILES string of the molecule is OC(CCOc1ccc(Cl)c(Cl)c1)[SH]1C=CC=C1. The van der Waals surface area contributed by atoms with Crippen molar-refractivity contribution in [3.05, 3.63) is 51.2 Å². The van der Waals surface area contributed by atoms with Crippen LogP contribution in [-0.4, -0.2) is 17.1 Å². The Morgan fingerprint density at radius 2 is 1.89 bits per heavy atom. The van der Waals surface area contributed by atoms with Gasteiger partial charge in [-0.3, -0.25) is 0 Å². The van der Waals surface area contributed by atoms with E-state index in [2.05, 4.69) is 0 Å². The van der Waals surface area contributed by atoms with E-state index >= 15 is 0 Å². The van der Waals surface area contributed by atoms with Gasteiger partial charge < -0.3 is 9.84 Å². The number of hydrogen-bond acceptors (Lipinski definition) is 2. The van der Waals surface area contributed by atoms with E-state index in [0.29, 0.717) is 28.8 Å². The Labute approximate surface area is 119 Å². The van der Waals surface area contributed by atoms with Crippen LogP contribution in [0.3, 0.4) is 0 Å². The van der Waals surface area contributed by atoms with E-state index < -0.39 is 10.9 Å². The molecule has 1 N–H and O–H groups in total. The largest absolute Gasteiger partial charge is 0.493 e. The highest BCUT2D eigenvalue weighted by Crippen LogP contribution is 2.38. The number of thiol groups is 1. The minimum Gasteiger partial charge on any atom is -0.493 e. The second kappa shape index (κ2) is 6.53. The normalized spacial score (nSPS) is 17.2. The van der Waals surface area contributed by atoms with Gasteiger partial charge in [-0.1, -0.05) is 35.4 Å². The number of aliphatic hydroxyl groups is 1. The molecular formula is C13H14Cl2O2S. The topological polar surface area (TPSA) is 29.5 Å². The highest BCUT2D eigenvalue weighted by atomic mass is 35.5. The lowest BCUT2D eigenvalue weighted by Gasteiger charge is -2.18. The number of rotatable bonds is 5. The van der Waals surface area contributed by atoms with Crippen LogP contribution in [0.4, 0.5) is 0 Å². The molecule has 18 heavy (non-hydrogen) atoms. The maximum atomic E-state index is 9.92. The molecule has 0 fully saturated rings. The van der Waals surface area contributed by atoms with Crippen LogP contribution < -0.4 is 4.74 Å². The minimum atomic E-state index is -0.531.